The molecule has 2 heterocycles. The van der Waals surface area contributed by atoms with Crippen molar-refractivity contribution in [2.45, 2.75) is 39.5 Å². The quantitative estimate of drug-likeness (QED) is 0.634. The van der Waals surface area contributed by atoms with Crippen molar-refractivity contribution in [1.82, 2.24) is 20.2 Å². The van der Waals surface area contributed by atoms with Crippen LogP contribution in [0.4, 0.5) is 30.6 Å². The van der Waals surface area contributed by atoms with Crippen LogP contribution in [0.5, 0.6) is 0 Å². The number of aliphatic hydroxyl groups is 1. The number of aromatic nitrogens is 4. The molecule has 4 N–H and O–H groups in total. The van der Waals surface area contributed by atoms with Gasteiger partial charge in [0.25, 0.3) is 0 Å². The fraction of sp³-hybridized carbons (Fsp3) is 0.533. The Hall–Kier alpha value is -2.36. The second-order valence-electron chi connectivity index (χ2n) is 6.01. The summed E-state index contributed by atoms with van der Waals surface area (Å²) in [6, 6.07) is 0. The van der Waals surface area contributed by atoms with Crippen molar-refractivity contribution in [3.05, 3.63) is 23.1 Å². The van der Waals surface area contributed by atoms with E-state index >= 15 is 0 Å². The van der Waals surface area contributed by atoms with Crippen molar-refractivity contribution in [2.75, 3.05) is 17.7 Å². The average Bonchev–Trinajstić information content (AvgIpc) is 2.86. The number of alkyl halides is 3. The number of aliphatic hydroxyl groups excluding tert-OH is 1. The van der Waals surface area contributed by atoms with Gasteiger partial charge in [0.15, 0.2) is 0 Å². The Kier molecular flexibility index (Phi) is 5.51. The number of hydrogen-bond donors (Lipinski definition) is 4. The molecule has 0 saturated carbocycles. The van der Waals surface area contributed by atoms with Gasteiger partial charge in [-0.2, -0.15) is 23.3 Å². The van der Waals surface area contributed by atoms with E-state index in [9.17, 15) is 18.3 Å². The lowest BCUT2D eigenvalue weighted by molar-refractivity contribution is -0.137. The van der Waals surface area contributed by atoms with Gasteiger partial charge in [0.05, 0.1) is 23.2 Å². The molecule has 0 saturated heterocycles. The van der Waals surface area contributed by atoms with E-state index in [-0.39, 0.29) is 17.7 Å². The highest BCUT2D eigenvalue weighted by molar-refractivity contribution is 5.61. The molecule has 0 radical (unpaired) electrons. The van der Waals surface area contributed by atoms with Crippen LogP contribution in [0.1, 0.15) is 30.8 Å². The Balaban J connectivity index is 2.30. The molecule has 0 fully saturated rings. The van der Waals surface area contributed by atoms with Crippen LogP contribution < -0.4 is 10.6 Å². The standard InChI is InChI=1S/C15H21F3N6O/c1-7(2)11(25)5-10-12(8(3)23-24-10)21-14-20-6-9(15(16,17)18)13(19-4)22-14/h6-7,11,25H,5H2,1-4H3,(H,23,24)(H2,19,20,21,22). The van der Waals surface area contributed by atoms with Crippen molar-refractivity contribution in [2.24, 2.45) is 5.92 Å². The molecular formula is C15H21F3N6O. The van der Waals surface area contributed by atoms with Crippen LogP contribution in [0.2, 0.25) is 0 Å². The number of aromatic amines is 1. The molecule has 0 aliphatic heterocycles. The molecule has 0 aromatic carbocycles. The van der Waals surface area contributed by atoms with Crippen LogP contribution in [-0.2, 0) is 12.6 Å². The third-order valence-electron chi connectivity index (χ3n) is 3.76. The minimum atomic E-state index is -4.55. The maximum Gasteiger partial charge on any atom is 0.421 e. The zero-order valence-electron chi connectivity index (χ0n) is 14.4. The van der Waals surface area contributed by atoms with Gasteiger partial charge in [-0.3, -0.25) is 5.10 Å². The third kappa shape index (κ3) is 4.38. The summed E-state index contributed by atoms with van der Waals surface area (Å²) in [4.78, 5) is 7.61. The molecule has 1 atom stereocenters. The molecule has 2 aromatic rings. The highest BCUT2D eigenvalue weighted by Gasteiger charge is 2.35. The molecule has 0 amide bonds. The normalized spacial score (nSPS) is 13.2. The van der Waals surface area contributed by atoms with Gasteiger partial charge < -0.3 is 15.7 Å². The molecule has 2 rings (SSSR count). The first-order valence-electron chi connectivity index (χ1n) is 7.74. The van der Waals surface area contributed by atoms with E-state index < -0.39 is 17.8 Å². The topological polar surface area (TPSA) is 98.8 Å². The Morgan fingerprint density at radius 1 is 1.32 bits per heavy atom. The summed E-state index contributed by atoms with van der Waals surface area (Å²) < 4.78 is 38.7. The number of anilines is 3. The molecular weight excluding hydrogens is 337 g/mol. The molecule has 7 nitrogen and oxygen atoms in total. The fourth-order valence-electron chi connectivity index (χ4n) is 2.18. The minimum Gasteiger partial charge on any atom is -0.392 e. The average molecular weight is 358 g/mol. The Morgan fingerprint density at radius 2 is 2.00 bits per heavy atom. The van der Waals surface area contributed by atoms with Gasteiger partial charge in [0, 0.05) is 19.7 Å². The molecule has 0 bridgehead atoms. The Bertz CT molecular complexity index is 729. The zero-order chi connectivity index (χ0) is 18.8. The molecule has 1 unspecified atom stereocenters. The lowest BCUT2D eigenvalue weighted by Crippen LogP contribution is -2.18. The summed E-state index contributed by atoms with van der Waals surface area (Å²) in [6.45, 7) is 5.52. The number of nitrogens with one attached hydrogen (secondary N) is 3. The SMILES string of the molecule is CNc1nc(Nc2c(CC(O)C(C)C)n[nH]c2C)ncc1C(F)(F)F. The van der Waals surface area contributed by atoms with Crippen LogP contribution >= 0.6 is 0 Å². The smallest absolute Gasteiger partial charge is 0.392 e. The molecule has 10 heteroatoms. The summed E-state index contributed by atoms with van der Waals surface area (Å²) in [7, 11) is 1.36. The molecule has 0 aliphatic carbocycles. The van der Waals surface area contributed by atoms with E-state index in [1.807, 2.05) is 13.8 Å². The van der Waals surface area contributed by atoms with Crippen LogP contribution in [0.15, 0.2) is 6.20 Å². The van der Waals surface area contributed by atoms with E-state index in [0.717, 1.165) is 6.20 Å². The van der Waals surface area contributed by atoms with Gasteiger partial charge in [0.2, 0.25) is 5.95 Å². The summed E-state index contributed by atoms with van der Waals surface area (Å²) in [6.07, 6.45) is -4.12. The minimum absolute atomic E-state index is 0.00198. The van der Waals surface area contributed by atoms with Gasteiger partial charge >= 0.3 is 6.18 Å². The Morgan fingerprint density at radius 3 is 2.56 bits per heavy atom. The van der Waals surface area contributed by atoms with E-state index in [2.05, 4.69) is 30.8 Å². The number of rotatable bonds is 6. The number of hydrogen-bond acceptors (Lipinski definition) is 6. The maximum atomic E-state index is 12.9. The first kappa shape index (κ1) is 19.0. The molecule has 138 valence electrons. The van der Waals surface area contributed by atoms with Crippen LogP contribution in [0.25, 0.3) is 0 Å². The first-order chi connectivity index (χ1) is 11.6. The zero-order valence-corrected chi connectivity index (χ0v) is 14.4. The highest BCUT2D eigenvalue weighted by Crippen LogP contribution is 2.34. The molecule has 0 aliphatic rings. The van der Waals surface area contributed by atoms with Gasteiger partial charge in [0.1, 0.15) is 11.4 Å². The van der Waals surface area contributed by atoms with Crippen molar-refractivity contribution in [1.29, 1.82) is 0 Å². The predicted molar refractivity (Wildman–Crippen MR) is 87.7 cm³/mol. The Labute approximate surface area is 143 Å². The lowest BCUT2D eigenvalue weighted by atomic mass is 10.0. The summed E-state index contributed by atoms with van der Waals surface area (Å²) in [5.41, 5.74) is 0.829. The largest absolute Gasteiger partial charge is 0.421 e. The summed E-state index contributed by atoms with van der Waals surface area (Å²) in [5, 5.41) is 22.3. The number of aryl methyl sites for hydroxylation is 1. The van der Waals surface area contributed by atoms with Crippen molar-refractivity contribution < 1.29 is 18.3 Å². The second-order valence-corrected chi connectivity index (χ2v) is 6.01. The van der Waals surface area contributed by atoms with E-state index in [1.54, 1.807) is 6.92 Å². The fourth-order valence-corrected chi connectivity index (χ4v) is 2.18. The third-order valence-corrected chi connectivity index (χ3v) is 3.76. The van der Waals surface area contributed by atoms with Crippen molar-refractivity contribution in [3.8, 4) is 0 Å². The van der Waals surface area contributed by atoms with Gasteiger partial charge in [-0.15, -0.1) is 0 Å². The predicted octanol–water partition coefficient (Wildman–Crippen LogP) is 2.87. The van der Waals surface area contributed by atoms with Crippen LogP contribution in [0, 0.1) is 12.8 Å². The van der Waals surface area contributed by atoms with E-state index in [1.165, 1.54) is 7.05 Å². The number of halogens is 3. The number of H-pyrrole nitrogens is 1. The molecule has 0 spiro atoms. The van der Waals surface area contributed by atoms with Gasteiger partial charge in [-0.05, 0) is 12.8 Å². The maximum absolute atomic E-state index is 12.9. The summed E-state index contributed by atoms with van der Waals surface area (Å²) >= 11 is 0. The summed E-state index contributed by atoms with van der Waals surface area (Å²) in [5.74, 6) is -0.278. The van der Waals surface area contributed by atoms with Crippen LogP contribution in [0.3, 0.4) is 0 Å². The van der Waals surface area contributed by atoms with E-state index in [0.29, 0.717) is 23.5 Å². The molecule has 2 aromatic heterocycles. The number of nitrogens with zero attached hydrogens (tertiary/aromatic N) is 3. The monoisotopic (exact) mass is 358 g/mol. The van der Waals surface area contributed by atoms with Gasteiger partial charge in [-0.25, -0.2) is 4.98 Å². The van der Waals surface area contributed by atoms with Crippen molar-refractivity contribution >= 4 is 17.5 Å². The van der Waals surface area contributed by atoms with Crippen LogP contribution in [-0.4, -0.2) is 38.4 Å². The van der Waals surface area contributed by atoms with Gasteiger partial charge in [-0.1, -0.05) is 13.8 Å². The first-order valence-corrected chi connectivity index (χ1v) is 7.74. The lowest BCUT2D eigenvalue weighted by Gasteiger charge is -2.15. The van der Waals surface area contributed by atoms with E-state index in [4.69, 9.17) is 0 Å². The highest BCUT2D eigenvalue weighted by atomic mass is 19.4. The molecule has 25 heavy (non-hydrogen) atoms. The van der Waals surface area contributed by atoms with Crippen molar-refractivity contribution in [3.63, 3.8) is 0 Å². The second kappa shape index (κ2) is 7.26.